The maximum absolute atomic E-state index is 11.1. The fraction of sp³-hybridized carbons (Fsp3) is 0.417. The van der Waals surface area contributed by atoms with Crippen LogP contribution >= 0.6 is 0 Å². The van der Waals surface area contributed by atoms with Gasteiger partial charge in [-0.25, -0.2) is 5.84 Å². The smallest absolute Gasteiger partial charge is 0.238 e. The van der Waals surface area contributed by atoms with Gasteiger partial charge in [0.1, 0.15) is 12.4 Å². The quantitative estimate of drug-likeness (QED) is 0.420. The molecule has 0 aliphatic heterocycles. The van der Waals surface area contributed by atoms with E-state index in [1.165, 1.54) is 0 Å². The summed E-state index contributed by atoms with van der Waals surface area (Å²) in [6.45, 7) is 1.48. The number of nitrogens with zero attached hydrogens (tertiary/aromatic N) is 1. The molecule has 94 valence electrons. The van der Waals surface area contributed by atoms with Gasteiger partial charge in [-0.2, -0.15) is 0 Å². The number of carbonyl (C=O) groups excluding carboxylic acids is 1. The molecule has 5 heteroatoms. The van der Waals surface area contributed by atoms with Crippen molar-refractivity contribution in [3.8, 4) is 5.75 Å². The molecule has 0 atom stereocenters. The Bertz CT molecular complexity index is 367. The Morgan fingerprint density at radius 3 is 2.88 bits per heavy atom. The zero-order chi connectivity index (χ0) is 12.7. The van der Waals surface area contributed by atoms with Crippen molar-refractivity contribution in [1.82, 2.24) is 10.3 Å². The second-order valence-corrected chi connectivity index (χ2v) is 4.04. The summed E-state index contributed by atoms with van der Waals surface area (Å²) in [4.78, 5) is 13.2. The molecule has 1 aromatic rings. The minimum Gasteiger partial charge on any atom is -0.492 e. The first-order valence-electron chi connectivity index (χ1n) is 5.47. The van der Waals surface area contributed by atoms with E-state index in [4.69, 9.17) is 10.6 Å². The third-order valence-electron chi connectivity index (χ3n) is 2.23. The molecule has 0 saturated carbocycles. The van der Waals surface area contributed by atoms with Crippen LogP contribution in [0, 0.1) is 0 Å². The van der Waals surface area contributed by atoms with E-state index in [0.29, 0.717) is 6.61 Å². The average molecular weight is 237 g/mol. The van der Waals surface area contributed by atoms with Crippen molar-refractivity contribution in [3.05, 3.63) is 29.8 Å². The third-order valence-corrected chi connectivity index (χ3v) is 2.23. The molecule has 0 radical (unpaired) electrons. The lowest BCUT2D eigenvalue weighted by molar-refractivity contribution is -0.120. The number of benzene rings is 1. The van der Waals surface area contributed by atoms with Crippen LogP contribution in [0.4, 0.5) is 0 Å². The van der Waals surface area contributed by atoms with E-state index in [9.17, 15) is 4.79 Å². The number of hydrazine groups is 1. The topological polar surface area (TPSA) is 67.6 Å². The van der Waals surface area contributed by atoms with Crippen LogP contribution in [0.3, 0.4) is 0 Å². The number of hydrogen-bond donors (Lipinski definition) is 2. The summed E-state index contributed by atoms with van der Waals surface area (Å²) < 4.78 is 5.57. The standard InChI is InChI=1S/C12H19N3O2/c1-15(2)6-7-17-11-5-3-4-10(8-11)9-12(16)14-13/h3-5,8H,6-7,9,13H2,1-2H3,(H,14,16). The molecule has 0 spiro atoms. The summed E-state index contributed by atoms with van der Waals surface area (Å²) in [5.74, 6) is 5.59. The Hall–Kier alpha value is -1.59. The first kappa shape index (κ1) is 13.5. The van der Waals surface area contributed by atoms with Crippen LogP contribution in [-0.4, -0.2) is 38.1 Å². The fourth-order valence-electron chi connectivity index (χ4n) is 1.33. The molecule has 3 N–H and O–H groups in total. The maximum Gasteiger partial charge on any atom is 0.238 e. The van der Waals surface area contributed by atoms with Gasteiger partial charge in [0.2, 0.25) is 5.91 Å². The van der Waals surface area contributed by atoms with Gasteiger partial charge < -0.3 is 9.64 Å². The number of ether oxygens (including phenoxy) is 1. The van der Waals surface area contributed by atoms with Gasteiger partial charge in [-0.05, 0) is 31.8 Å². The summed E-state index contributed by atoms with van der Waals surface area (Å²) in [5, 5.41) is 0. The molecule has 0 bridgehead atoms. The van der Waals surface area contributed by atoms with Crippen LogP contribution in [-0.2, 0) is 11.2 Å². The van der Waals surface area contributed by atoms with Gasteiger partial charge in [0.15, 0.2) is 0 Å². The number of carbonyl (C=O) groups is 1. The number of amides is 1. The fourth-order valence-corrected chi connectivity index (χ4v) is 1.33. The van der Waals surface area contributed by atoms with Crippen LogP contribution in [0.25, 0.3) is 0 Å². The molecule has 17 heavy (non-hydrogen) atoms. The Morgan fingerprint density at radius 2 is 2.24 bits per heavy atom. The molecule has 1 amide bonds. The van der Waals surface area contributed by atoms with Gasteiger partial charge in [-0.3, -0.25) is 10.2 Å². The molecule has 5 nitrogen and oxygen atoms in total. The molecule has 1 rings (SSSR count). The summed E-state index contributed by atoms with van der Waals surface area (Å²) in [6.07, 6.45) is 0.265. The van der Waals surface area contributed by atoms with Crippen LogP contribution in [0.15, 0.2) is 24.3 Å². The predicted molar refractivity (Wildman–Crippen MR) is 66.5 cm³/mol. The summed E-state index contributed by atoms with van der Waals surface area (Å²) in [6, 6.07) is 7.46. The number of rotatable bonds is 6. The van der Waals surface area contributed by atoms with E-state index >= 15 is 0 Å². The lowest BCUT2D eigenvalue weighted by atomic mass is 10.1. The van der Waals surface area contributed by atoms with Crippen molar-refractivity contribution in [3.63, 3.8) is 0 Å². The van der Waals surface area contributed by atoms with E-state index in [1.807, 2.05) is 43.3 Å². The second kappa shape index (κ2) is 6.88. The molecule has 0 saturated heterocycles. The first-order valence-corrected chi connectivity index (χ1v) is 5.47. The highest BCUT2D eigenvalue weighted by molar-refractivity contribution is 5.77. The molecule has 0 aliphatic rings. The Labute approximate surface area is 102 Å². The highest BCUT2D eigenvalue weighted by Gasteiger charge is 2.02. The van der Waals surface area contributed by atoms with E-state index in [0.717, 1.165) is 17.9 Å². The molecule has 0 aromatic heterocycles. The number of nitrogens with two attached hydrogens (primary N) is 1. The van der Waals surface area contributed by atoms with Crippen molar-refractivity contribution in [1.29, 1.82) is 0 Å². The molecule has 0 heterocycles. The van der Waals surface area contributed by atoms with Crippen LogP contribution < -0.4 is 16.0 Å². The zero-order valence-electron chi connectivity index (χ0n) is 10.3. The Morgan fingerprint density at radius 1 is 1.47 bits per heavy atom. The van der Waals surface area contributed by atoms with Gasteiger partial charge >= 0.3 is 0 Å². The van der Waals surface area contributed by atoms with Gasteiger partial charge in [0, 0.05) is 6.54 Å². The van der Waals surface area contributed by atoms with E-state index < -0.39 is 0 Å². The molecule has 0 fully saturated rings. The van der Waals surface area contributed by atoms with E-state index in [-0.39, 0.29) is 12.3 Å². The van der Waals surface area contributed by atoms with Gasteiger partial charge in [-0.1, -0.05) is 12.1 Å². The molecular formula is C12H19N3O2. The van der Waals surface area contributed by atoms with Gasteiger partial charge in [0.25, 0.3) is 0 Å². The van der Waals surface area contributed by atoms with Crippen LogP contribution in [0.1, 0.15) is 5.56 Å². The lowest BCUT2D eigenvalue weighted by Gasteiger charge is -2.11. The number of nitrogens with one attached hydrogen (secondary N) is 1. The summed E-state index contributed by atoms with van der Waals surface area (Å²) in [7, 11) is 3.98. The normalized spacial score (nSPS) is 10.4. The van der Waals surface area contributed by atoms with Crippen molar-refractivity contribution < 1.29 is 9.53 Å². The molecule has 0 unspecified atom stereocenters. The Kier molecular flexibility index (Phi) is 5.45. The maximum atomic E-state index is 11.1. The van der Waals surface area contributed by atoms with Crippen molar-refractivity contribution >= 4 is 5.91 Å². The summed E-state index contributed by atoms with van der Waals surface area (Å²) >= 11 is 0. The zero-order valence-corrected chi connectivity index (χ0v) is 10.3. The van der Waals surface area contributed by atoms with E-state index in [1.54, 1.807) is 0 Å². The predicted octanol–water partition coefficient (Wildman–Crippen LogP) is 0.159. The Balaban J connectivity index is 2.50. The monoisotopic (exact) mass is 237 g/mol. The summed E-state index contributed by atoms with van der Waals surface area (Å²) in [5.41, 5.74) is 2.99. The van der Waals surface area contributed by atoms with E-state index in [2.05, 4.69) is 5.43 Å². The van der Waals surface area contributed by atoms with Crippen molar-refractivity contribution in [2.75, 3.05) is 27.2 Å². The van der Waals surface area contributed by atoms with Crippen molar-refractivity contribution in [2.24, 2.45) is 5.84 Å². The minimum atomic E-state index is -0.213. The third kappa shape index (κ3) is 5.33. The number of hydrogen-bond acceptors (Lipinski definition) is 4. The van der Waals surface area contributed by atoms with Crippen LogP contribution in [0.2, 0.25) is 0 Å². The average Bonchev–Trinajstić information content (AvgIpc) is 2.29. The molecule has 1 aromatic carbocycles. The second-order valence-electron chi connectivity index (χ2n) is 4.04. The number of likely N-dealkylation sites (N-methyl/N-ethyl adjacent to an activating group) is 1. The van der Waals surface area contributed by atoms with Crippen molar-refractivity contribution in [2.45, 2.75) is 6.42 Å². The van der Waals surface area contributed by atoms with Gasteiger partial charge in [0.05, 0.1) is 6.42 Å². The SMILES string of the molecule is CN(C)CCOc1cccc(CC(=O)NN)c1. The largest absolute Gasteiger partial charge is 0.492 e. The minimum absolute atomic E-state index is 0.213. The highest BCUT2D eigenvalue weighted by Crippen LogP contribution is 2.13. The first-order chi connectivity index (χ1) is 8.11. The lowest BCUT2D eigenvalue weighted by Crippen LogP contribution is -2.31. The molecular weight excluding hydrogens is 218 g/mol. The van der Waals surface area contributed by atoms with Gasteiger partial charge in [-0.15, -0.1) is 0 Å². The van der Waals surface area contributed by atoms with Crippen LogP contribution in [0.5, 0.6) is 5.75 Å². The molecule has 0 aliphatic carbocycles. The highest BCUT2D eigenvalue weighted by atomic mass is 16.5.